The fraction of sp³-hybridized carbons (Fsp3) is 0.308. The summed E-state index contributed by atoms with van der Waals surface area (Å²) in [5, 5.41) is 13.0. The van der Waals surface area contributed by atoms with E-state index in [1.54, 1.807) is 12.1 Å². The van der Waals surface area contributed by atoms with Crippen LogP contribution in [0.15, 0.2) is 24.3 Å². The van der Waals surface area contributed by atoms with Crippen LogP contribution in [0.5, 0.6) is 0 Å². The van der Waals surface area contributed by atoms with Crippen molar-refractivity contribution in [3.63, 3.8) is 0 Å². The molecule has 2 N–H and O–H groups in total. The Morgan fingerprint density at radius 3 is 2.95 bits per heavy atom. The maximum Gasteiger partial charge on any atom is 0.507 e. The third-order valence-corrected chi connectivity index (χ3v) is 4.09. The monoisotopic (exact) mass is 299 g/mol. The van der Waals surface area contributed by atoms with Gasteiger partial charge in [-0.3, -0.25) is 0 Å². The number of fused-ring (bicyclic) bond motifs is 3. The molecule has 1 heterocycles. The van der Waals surface area contributed by atoms with Gasteiger partial charge in [-0.1, -0.05) is 35.4 Å². The Balaban J connectivity index is 2.04. The molecule has 1 aromatic rings. The van der Waals surface area contributed by atoms with Crippen LogP contribution < -0.4 is 5.32 Å². The first-order valence-electron chi connectivity index (χ1n) is 5.88. The van der Waals surface area contributed by atoms with Gasteiger partial charge in [0.15, 0.2) is 6.23 Å². The zero-order valence-electron chi connectivity index (χ0n) is 9.77. The summed E-state index contributed by atoms with van der Waals surface area (Å²) in [7, 11) is 0. The summed E-state index contributed by atoms with van der Waals surface area (Å²) in [6.45, 7) is 0. The summed E-state index contributed by atoms with van der Waals surface area (Å²) >= 11 is 12.2. The fourth-order valence-electron chi connectivity index (χ4n) is 2.82. The van der Waals surface area contributed by atoms with Gasteiger partial charge in [0, 0.05) is 33.1 Å². The Kier molecular flexibility index (Phi) is 3.07. The number of hydrogen-bond donors (Lipinski definition) is 2. The first kappa shape index (κ1) is 12.6. The number of halogens is 2. The lowest BCUT2D eigenvalue weighted by Gasteiger charge is -2.36. The van der Waals surface area contributed by atoms with Crippen molar-refractivity contribution in [2.24, 2.45) is 5.92 Å². The number of hydrogen-bond acceptors (Lipinski definition) is 3. The summed E-state index contributed by atoms with van der Waals surface area (Å²) in [6, 6.07) is 3.44. The minimum Gasteiger partial charge on any atom is -0.450 e. The summed E-state index contributed by atoms with van der Waals surface area (Å²) in [6.07, 6.45) is 2.95. The topological polar surface area (TPSA) is 58.6 Å². The summed E-state index contributed by atoms with van der Waals surface area (Å²) in [5.74, 6) is 0.0904. The van der Waals surface area contributed by atoms with E-state index < -0.39 is 12.4 Å². The van der Waals surface area contributed by atoms with E-state index in [0.29, 0.717) is 10.0 Å². The van der Waals surface area contributed by atoms with Gasteiger partial charge in [0.2, 0.25) is 0 Å². The van der Waals surface area contributed by atoms with Gasteiger partial charge in [-0.05, 0) is 18.6 Å². The molecular weight excluding hydrogens is 289 g/mol. The number of rotatable bonds is 1. The molecule has 6 heteroatoms. The molecule has 0 aromatic heterocycles. The van der Waals surface area contributed by atoms with E-state index in [1.807, 2.05) is 12.2 Å². The van der Waals surface area contributed by atoms with Crippen molar-refractivity contribution in [2.45, 2.75) is 18.6 Å². The normalized spacial score (nSPS) is 27.4. The van der Waals surface area contributed by atoms with Gasteiger partial charge in [0.05, 0.1) is 0 Å². The van der Waals surface area contributed by atoms with E-state index >= 15 is 0 Å². The quantitative estimate of drug-likeness (QED) is 0.605. The van der Waals surface area contributed by atoms with Gasteiger partial charge in [-0.2, -0.15) is 0 Å². The Morgan fingerprint density at radius 1 is 1.42 bits per heavy atom. The largest absolute Gasteiger partial charge is 0.507 e. The maximum absolute atomic E-state index is 10.8. The second-order valence-electron chi connectivity index (χ2n) is 4.65. The highest BCUT2D eigenvalue weighted by Crippen LogP contribution is 2.48. The van der Waals surface area contributed by atoms with Crippen LogP contribution in [0.4, 0.5) is 10.5 Å². The molecule has 2 aliphatic rings. The number of benzene rings is 1. The lowest BCUT2D eigenvalue weighted by Crippen LogP contribution is -2.39. The predicted molar refractivity (Wildman–Crippen MR) is 73.0 cm³/mol. The van der Waals surface area contributed by atoms with Crippen molar-refractivity contribution in [1.29, 1.82) is 0 Å². The average Bonchev–Trinajstić information content (AvgIpc) is 2.75. The lowest BCUT2D eigenvalue weighted by molar-refractivity contribution is 0.0345. The van der Waals surface area contributed by atoms with E-state index in [0.717, 1.165) is 17.7 Å². The summed E-state index contributed by atoms with van der Waals surface area (Å²) < 4.78 is 4.92. The second kappa shape index (κ2) is 4.62. The smallest absolute Gasteiger partial charge is 0.450 e. The van der Waals surface area contributed by atoms with Crippen LogP contribution >= 0.6 is 23.2 Å². The molecule has 3 rings (SSSR count). The molecule has 1 aliphatic heterocycles. The standard InChI is InChI=1S/C13H11Cl2NO3/c14-6-4-9(15)11-7-2-1-3-8(7)12(19-13(17)18)16-10(11)5-6/h1-2,4-5,7-8,12,16H,3H2,(H,17,18). The SMILES string of the molecule is O=C(O)OC1Nc2cc(Cl)cc(Cl)c2C2C=CCC12. The van der Waals surface area contributed by atoms with Crippen LogP contribution in [0.1, 0.15) is 17.9 Å². The molecule has 0 saturated heterocycles. The van der Waals surface area contributed by atoms with Crippen molar-refractivity contribution in [2.75, 3.05) is 5.32 Å². The van der Waals surface area contributed by atoms with E-state index in [1.165, 1.54) is 0 Å². The third-order valence-electron chi connectivity index (χ3n) is 3.55. The first-order valence-corrected chi connectivity index (χ1v) is 6.63. The lowest BCUT2D eigenvalue weighted by atomic mass is 9.83. The molecule has 3 unspecified atom stereocenters. The average molecular weight is 300 g/mol. The highest BCUT2D eigenvalue weighted by atomic mass is 35.5. The molecule has 0 saturated carbocycles. The van der Waals surface area contributed by atoms with Crippen molar-refractivity contribution < 1.29 is 14.6 Å². The van der Waals surface area contributed by atoms with Gasteiger partial charge in [-0.15, -0.1) is 0 Å². The Morgan fingerprint density at radius 2 is 2.21 bits per heavy atom. The van der Waals surface area contributed by atoms with E-state index in [-0.39, 0.29) is 11.8 Å². The third kappa shape index (κ3) is 2.15. The summed E-state index contributed by atoms with van der Waals surface area (Å²) in [4.78, 5) is 10.8. The van der Waals surface area contributed by atoms with Gasteiger partial charge in [0.1, 0.15) is 0 Å². The molecule has 0 bridgehead atoms. The van der Waals surface area contributed by atoms with Gasteiger partial charge in [0.25, 0.3) is 0 Å². The molecule has 0 radical (unpaired) electrons. The fourth-order valence-corrected chi connectivity index (χ4v) is 3.44. The molecule has 0 spiro atoms. The van der Waals surface area contributed by atoms with E-state index in [2.05, 4.69) is 5.32 Å². The Labute approximate surface area is 120 Å². The van der Waals surface area contributed by atoms with Crippen molar-refractivity contribution in [1.82, 2.24) is 0 Å². The van der Waals surface area contributed by atoms with Crippen LogP contribution in [-0.2, 0) is 4.74 Å². The minimum atomic E-state index is -1.29. The number of nitrogens with one attached hydrogen (secondary N) is 1. The molecular formula is C13H11Cl2NO3. The Hall–Kier alpha value is -1.39. The number of ether oxygens (including phenoxy) is 1. The van der Waals surface area contributed by atoms with Crippen LogP contribution in [0.2, 0.25) is 10.0 Å². The zero-order valence-corrected chi connectivity index (χ0v) is 11.3. The molecule has 19 heavy (non-hydrogen) atoms. The molecule has 1 aliphatic carbocycles. The highest BCUT2D eigenvalue weighted by Gasteiger charge is 2.40. The molecule has 0 fully saturated rings. The maximum atomic E-state index is 10.8. The second-order valence-corrected chi connectivity index (χ2v) is 5.49. The summed E-state index contributed by atoms with van der Waals surface area (Å²) in [5.41, 5.74) is 1.69. The number of anilines is 1. The molecule has 3 atom stereocenters. The van der Waals surface area contributed by atoms with Crippen molar-refractivity contribution in [3.8, 4) is 0 Å². The first-order chi connectivity index (χ1) is 9.06. The minimum absolute atomic E-state index is 0.0299. The van der Waals surface area contributed by atoms with Crippen LogP contribution in [0, 0.1) is 5.92 Å². The van der Waals surface area contributed by atoms with Crippen molar-refractivity contribution in [3.05, 3.63) is 39.9 Å². The molecule has 4 nitrogen and oxygen atoms in total. The van der Waals surface area contributed by atoms with Gasteiger partial charge < -0.3 is 15.2 Å². The Bertz CT molecular complexity index is 573. The zero-order chi connectivity index (χ0) is 13.6. The number of carboxylic acid groups (broad SMARTS) is 1. The molecule has 0 amide bonds. The van der Waals surface area contributed by atoms with Crippen LogP contribution in [0.25, 0.3) is 0 Å². The van der Waals surface area contributed by atoms with E-state index in [4.69, 9.17) is 33.0 Å². The van der Waals surface area contributed by atoms with Crippen LogP contribution in [-0.4, -0.2) is 17.5 Å². The number of allylic oxidation sites excluding steroid dienone is 2. The molecule has 1 aromatic carbocycles. The number of carbonyl (C=O) groups is 1. The van der Waals surface area contributed by atoms with E-state index in [9.17, 15) is 4.79 Å². The van der Waals surface area contributed by atoms with Gasteiger partial charge >= 0.3 is 6.16 Å². The van der Waals surface area contributed by atoms with Crippen LogP contribution in [0.3, 0.4) is 0 Å². The molecule has 100 valence electrons. The van der Waals surface area contributed by atoms with Crippen molar-refractivity contribution >= 4 is 35.0 Å². The van der Waals surface area contributed by atoms with Gasteiger partial charge in [-0.25, -0.2) is 4.79 Å². The highest BCUT2D eigenvalue weighted by molar-refractivity contribution is 6.35. The predicted octanol–water partition coefficient (Wildman–Crippen LogP) is 4.10.